The maximum absolute atomic E-state index is 8.44. The van der Waals surface area contributed by atoms with Gasteiger partial charge in [-0.05, 0) is 0 Å². The Labute approximate surface area is 143 Å². The van der Waals surface area contributed by atoms with E-state index in [0.29, 0.717) is 0 Å². The summed E-state index contributed by atoms with van der Waals surface area (Å²) in [7, 11) is 0. The van der Waals surface area contributed by atoms with E-state index in [9.17, 15) is 0 Å². The molecule has 0 aromatic carbocycles. The molecule has 0 aliphatic carbocycles. The quantitative estimate of drug-likeness (QED) is 0.300. The topological polar surface area (TPSA) is 126 Å². The standard InChI is InChI=1S/2Ba.2H2O3S/c;;2*1-4(2)3/h;;2*(H2,1,2,3)/q2*+2;;/p-4. The summed E-state index contributed by atoms with van der Waals surface area (Å²) < 4.78 is 50.7. The predicted octanol–water partition coefficient (Wildman–Crippen LogP) is -2.77. The van der Waals surface area contributed by atoms with E-state index in [1.54, 1.807) is 0 Å². The monoisotopic (exact) mass is 436 g/mol. The first kappa shape index (κ1) is 23.3. The van der Waals surface area contributed by atoms with Crippen LogP contribution in [0.5, 0.6) is 0 Å². The third-order valence-electron chi connectivity index (χ3n) is 0. The van der Waals surface area contributed by atoms with Gasteiger partial charge >= 0.3 is 97.8 Å². The van der Waals surface area contributed by atoms with Gasteiger partial charge in [-0.25, -0.2) is 0 Å². The van der Waals surface area contributed by atoms with Crippen LogP contribution in [-0.2, 0) is 22.7 Å². The summed E-state index contributed by atoms with van der Waals surface area (Å²) in [6.45, 7) is 0. The molecule has 0 aliphatic rings. The second-order valence-corrected chi connectivity index (χ2v) is 1.22. The van der Waals surface area contributed by atoms with Crippen molar-refractivity contribution in [1.82, 2.24) is 0 Å². The van der Waals surface area contributed by atoms with Crippen LogP contribution >= 0.6 is 0 Å². The van der Waals surface area contributed by atoms with Crippen LogP contribution in [-0.4, -0.2) is 124 Å². The fourth-order valence-electron chi connectivity index (χ4n) is 0. The Balaban J connectivity index is -0.0000000300. The molecule has 0 spiro atoms. The van der Waals surface area contributed by atoms with Gasteiger partial charge in [-0.3, -0.25) is 8.42 Å². The van der Waals surface area contributed by atoms with Crippen molar-refractivity contribution in [3.63, 3.8) is 0 Å². The molecule has 52 valence electrons. The summed E-state index contributed by atoms with van der Waals surface area (Å²) in [6, 6.07) is 0. The largest absolute Gasteiger partial charge is 2.00 e. The van der Waals surface area contributed by atoms with E-state index in [1.165, 1.54) is 0 Å². The molecular formula is Ba2O6S2. The molecule has 0 amide bonds. The predicted molar refractivity (Wildman–Crippen MR) is 30.9 cm³/mol. The zero-order valence-corrected chi connectivity index (χ0v) is 15.2. The molecule has 0 radical (unpaired) electrons. The van der Waals surface area contributed by atoms with Gasteiger partial charge < -0.3 is 18.2 Å². The van der Waals surface area contributed by atoms with Crippen molar-refractivity contribution in [3.8, 4) is 0 Å². The van der Waals surface area contributed by atoms with E-state index in [1.807, 2.05) is 0 Å². The van der Waals surface area contributed by atoms with Gasteiger partial charge in [0.25, 0.3) is 0 Å². The third kappa shape index (κ3) is 111. The molecule has 0 aromatic rings. The van der Waals surface area contributed by atoms with Crippen molar-refractivity contribution >= 4 is 120 Å². The average molecular weight is 435 g/mol. The van der Waals surface area contributed by atoms with Gasteiger partial charge in [-0.2, -0.15) is 0 Å². The molecule has 0 rings (SSSR count). The Morgan fingerprint density at radius 2 is 0.700 bits per heavy atom. The molecule has 0 unspecified atom stereocenters. The smallest absolute Gasteiger partial charge is 0.784 e. The first-order valence-corrected chi connectivity index (χ1v) is 3.00. The molecule has 0 bridgehead atoms. The summed E-state index contributed by atoms with van der Waals surface area (Å²) in [5.41, 5.74) is 0. The summed E-state index contributed by atoms with van der Waals surface area (Å²) in [4.78, 5) is 0. The zero-order valence-electron chi connectivity index (χ0n) is 4.68. The zero-order chi connectivity index (χ0) is 7.15. The number of hydrogen-bond acceptors (Lipinski definition) is 6. The molecule has 0 atom stereocenters. The van der Waals surface area contributed by atoms with Gasteiger partial charge in [0.15, 0.2) is 0 Å². The summed E-state index contributed by atoms with van der Waals surface area (Å²) in [6.07, 6.45) is 0. The van der Waals surface area contributed by atoms with Crippen molar-refractivity contribution in [1.29, 1.82) is 0 Å². The molecule has 0 heterocycles. The van der Waals surface area contributed by atoms with E-state index in [4.69, 9.17) is 26.6 Å². The SMILES string of the molecule is O=S([O-])[O-].O=S([O-])[O-].[Ba+2].[Ba+2]. The first-order chi connectivity index (χ1) is 3.46. The average Bonchev–Trinajstić information content (AvgIpc) is 1.25. The Hall–Kier alpha value is 3.28. The first-order valence-electron chi connectivity index (χ1n) is 1.00. The summed E-state index contributed by atoms with van der Waals surface area (Å²) in [5, 5.41) is 0. The molecule has 0 saturated carbocycles. The van der Waals surface area contributed by atoms with Crippen LogP contribution in [0.15, 0.2) is 0 Å². The number of rotatable bonds is 0. The Morgan fingerprint density at radius 3 is 0.700 bits per heavy atom. The van der Waals surface area contributed by atoms with E-state index >= 15 is 0 Å². The maximum Gasteiger partial charge on any atom is 2.00 e. The van der Waals surface area contributed by atoms with E-state index < -0.39 is 22.7 Å². The van der Waals surface area contributed by atoms with Gasteiger partial charge in [0.1, 0.15) is 0 Å². The van der Waals surface area contributed by atoms with E-state index in [0.717, 1.165) is 0 Å². The van der Waals surface area contributed by atoms with E-state index in [2.05, 4.69) is 0 Å². The summed E-state index contributed by atoms with van der Waals surface area (Å²) in [5.74, 6) is 0. The van der Waals surface area contributed by atoms with Crippen LogP contribution < -0.4 is 0 Å². The Bertz CT molecular complexity index is 71.7. The van der Waals surface area contributed by atoms with Gasteiger partial charge in [0.05, 0.1) is 0 Å². The van der Waals surface area contributed by atoms with Crippen molar-refractivity contribution in [2.75, 3.05) is 0 Å². The molecule has 10 heavy (non-hydrogen) atoms. The molecule has 10 heteroatoms. The maximum atomic E-state index is 8.44. The Kier molecular flexibility index (Phi) is 42.2. The van der Waals surface area contributed by atoms with E-state index in [-0.39, 0.29) is 97.8 Å². The second-order valence-electron chi connectivity index (χ2n) is 0.408. The molecule has 0 N–H and O–H groups in total. The van der Waals surface area contributed by atoms with Crippen molar-refractivity contribution < 1.29 is 26.6 Å². The van der Waals surface area contributed by atoms with Gasteiger partial charge in [-0.1, -0.05) is 0 Å². The minimum absolute atomic E-state index is 0. The van der Waals surface area contributed by atoms with Crippen molar-refractivity contribution in [2.24, 2.45) is 0 Å². The van der Waals surface area contributed by atoms with Crippen LogP contribution in [0.4, 0.5) is 0 Å². The Morgan fingerprint density at radius 1 is 0.700 bits per heavy atom. The minimum atomic E-state index is -3.11. The van der Waals surface area contributed by atoms with Crippen LogP contribution in [0.25, 0.3) is 0 Å². The van der Waals surface area contributed by atoms with Gasteiger partial charge in [0, 0.05) is 0 Å². The minimum Gasteiger partial charge on any atom is -0.784 e. The fourth-order valence-corrected chi connectivity index (χ4v) is 0. The molecule has 0 fully saturated rings. The van der Waals surface area contributed by atoms with Gasteiger partial charge in [0.2, 0.25) is 0 Å². The normalized spacial score (nSPS) is 7.00. The fraction of sp³-hybridized carbons (Fsp3) is 0. The van der Waals surface area contributed by atoms with Crippen LogP contribution in [0.1, 0.15) is 0 Å². The van der Waals surface area contributed by atoms with Crippen LogP contribution in [0.3, 0.4) is 0 Å². The molecule has 6 nitrogen and oxygen atoms in total. The van der Waals surface area contributed by atoms with Crippen LogP contribution in [0, 0.1) is 0 Å². The molecule has 0 aliphatic heterocycles. The second kappa shape index (κ2) is 18.1. The van der Waals surface area contributed by atoms with Crippen LogP contribution in [0.2, 0.25) is 0 Å². The van der Waals surface area contributed by atoms with Gasteiger partial charge in [-0.15, -0.1) is 22.7 Å². The third-order valence-corrected chi connectivity index (χ3v) is 0. The molecule has 0 saturated heterocycles. The van der Waals surface area contributed by atoms with Crippen molar-refractivity contribution in [3.05, 3.63) is 0 Å². The summed E-state index contributed by atoms with van der Waals surface area (Å²) >= 11 is -6.22. The molecule has 0 aromatic heterocycles. The van der Waals surface area contributed by atoms with Crippen molar-refractivity contribution in [2.45, 2.75) is 0 Å². The number of hydrogen-bond donors (Lipinski definition) is 0. The molecular weight excluding hydrogens is 435 g/mol.